The van der Waals surface area contributed by atoms with Crippen LogP contribution in [-0.4, -0.2) is 22.0 Å². The number of nitrogens with one attached hydrogen (secondary N) is 1. The van der Waals surface area contributed by atoms with Crippen LogP contribution < -0.4 is 5.32 Å². The van der Waals surface area contributed by atoms with Gasteiger partial charge in [-0.15, -0.1) is 0 Å². The highest BCUT2D eigenvalue weighted by Gasteiger charge is 2.32. The maximum atomic E-state index is 12.4. The molecule has 124 valence electrons. The molecule has 0 aliphatic heterocycles. The summed E-state index contributed by atoms with van der Waals surface area (Å²) in [6.07, 6.45) is -2.93. The van der Waals surface area contributed by atoms with Crippen molar-refractivity contribution < 1.29 is 27.5 Å². The Labute approximate surface area is 130 Å². The molecule has 2 rings (SSSR count). The molecule has 23 heavy (non-hydrogen) atoms. The molecule has 5 nitrogen and oxygen atoms in total. The van der Waals surface area contributed by atoms with Crippen LogP contribution in [0.4, 0.5) is 13.2 Å². The van der Waals surface area contributed by atoms with Crippen molar-refractivity contribution in [2.75, 3.05) is 0 Å². The fourth-order valence-corrected chi connectivity index (χ4v) is 1.99. The number of nitrogens with zero attached hydrogens (tertiary/aromatic N) is 1. The van der Waals surface area contributed by atoms with E-state index in [1.165, 1.54) is 6.26 Å². The Balaban J connectivity index is 1.93. The highest BCUT2D eigenvalue weighted by Crippen LogP contribution is 2.27. The number of aliphatic hydroxyl groups excluding tert-OH is 1. The lowest BCUT2D eigenvalue weighted by Gasteiger charge is -2.16. The van der Waals surface area contributed by atoms with E-state index in [2.05, 4.69) is 10.3 Å². The Morgan fingerprint density at radius 3 is 2.65 bits per heavy atom. The van der Waals surface area contributed by atoms with E-state index in [9.17, 15) is 23.1 Å². The lowest BCUT2D eigenvalue weighted by molar-refractivity contribution is -0.141. The molecule has 2 N–H and O–H groups in total. The highest BCUT2D eigenvalue weighted by molar-refractivity contribution is 5.94. The van der Waals surface area contributed by atoms with E-state index in [-0.39, 0.29) is 12.0 Å². The van der Waals surface area contributed by atoms with Gasteiger partial charge in [0.2, 0.25) is 0 Å². The van der Waals surface area contributed by atoms with Crippen molar-refractivity contribution in [3.05, 3.63) is 53.7 Å². The fourth-order valence-electron chi connectivity index (χ4n) is 1.99. The van der Waals surface area contributed by atoms with Gasteiger partial charge in [0.05, 0.1) is 11.8 Å². The number of aromatic nitrogens is 1. The first-order valence-corrected chi connectivity index (χ1v) is 6.83. The second-order valence-corrected chi connectivity index (χ2v) is 5.07. The number of rotatable bonds is 5. The van der Waals surface area contributed by atoms with Crippen LogP contribution in [0, 0.1) is 0 Å². The van der Waals surface area contributed by atoms with Crippen LogP contribution >= 0.6 is 0 Å². The Hall–Kier alpha value is -2.35. The third kappa shape index (κ3) is 4.56. The Kier molecular flexibility index (Phi) is 5.05. The summed E-state index contributed by atoms with van der Waals surface area (Å²) in [5.74, 6) is -0.187. The van der Waals surface area contributed by atoms with Crippen LogP contribution in [0.1, 0.15) is 41.3 Å². The SMILES string of the molecule is CC(CC(O)c1ccco1)NC(=O)c1ccc(C(F)(F)F)nc1. The topological polar surface area (TPSA) is 75.4 Å². The van der Waals surface area contributed by atoms with Crippen molar-refractivity contribution in [2.45, 2.75) is 31.7 Å². The summed E-state index contributed by atoms with van der Waals surface area (Å²) >= 11 is 0. The predicted octanol–water partition coefficient (Wildman–Crippen LogP) is 2.94. The molecule has 0 saturated carbocycles. The van der Waals surface area contributed by atoms with Gasteiger partial charge >= 0.3 is 6.18 Å². The lowest BCUT2D eigenvalue weighted by atomic mass is 10.1. The third-order valence-electron chi connectivity index (χ3n) is 3.14. The molecule has 2 aromatic heterocycles. The molecule has 0 spiro atoms. The van der Waals surface area contributed by atoms with Gasteiger partial charge in [-0.3, -0.25) is 9.78 Å². The normalized spacial score (nSPS) is 14.3. The van der Waals surface area contributed by atoms with Gasteiger partial charge < -0.3 is 14.8 Å². The van der Waals surface area contributed by atoms with Gasteiger partial charge in [-0.25, -0.2) is 0 Å². The van der Waals surface area contributed by atoms with Gasteiger partial charge in [-0.05, 0) is 31.2 Å². The van der Waals surface area contributed by atoms with Gasteiger partial charge in [-0.2, -0.15) is 13.2 Å². The lowest BCUT2D eigenvalue weighted by Crippen LogP contribution is -2.33. The number of alkyl halides is 3. The minimum Gasteiger partial charge on any atom is -0.467 e. The Morgan fingerprint density at radius 2 is 2.13 bits per heavy atom. The smallest absolute Gasteiger partial charge is 0.433 e. The van der Waals surface area contributed by atoms with Crippen molar-refractivity contribution in [1.82, 2.24) is 10.3 Å². The van der Waals surface area contributed by atoms with Crippen molar-refractivity contribution in [2.24, 2.45) is 0 Å². The Bertz CT molecular complexity index is 639. The van der Waals surface area contributed by atoms with Gasteiger partial charge in [-0.1, -0.05) is 0 Å². The van der Waals surface area contributed by atoms with Crippen molar-refractivity contribution in [1.29, 1.82) is 0 Å². The van der Waals surface area contributed by atoms with Gasteiger partial charge in [0, 0.05) is 18.7 Å². The van der Waals surface area contributed by atoms with E-state index < -0.39 is 29.9 Å². The number of hydrogen-bond donors (Lipinski definition) is 2. The molecule has 0 radical (unpaired) electrons. The first kappa shape index (κ1) is 17.0. The zero-order valence-corrected chi connectivity index (χ0v) is 12.2. The molecule has 1 amide bonds. The fraction of sp³-hybridized carbons (Fsp3) is 0.333. The summed E-state index contributed by atoms with van der Waals surface area (Å²) in [7, 11) is 0. The molecule has 2 aromatic rings. The van der Waals surface area contributed by atoms with Crippen LogP contribution in [0.25, 0.3) is 0 Å². The third-order valence-corrected chi connectivity index (χ3v) is 3.14. The quantitative estimate of drug-likeness (QED) is 0.885. The summed E-state index contributed by atoms with van der Waals surface area (Å²) < 4.78 is 42.3. The number of carbonyl (C=O) groups excluding carboxylic acids is 1. The maximum Gasteiger partial charge on any atom is 0.433 e. The molecule has 8 heteroatoms. The summed E-state index contributed by atoms with van der Waals surface area (Å²) in [5, 5.41) is 12.5. The zero-order chi connectivity index (χ0) is 17.0. The standard InChI is InChI=1S/C15H15F3N2O3/c1-9(7-11(21)12-3-2-6-23-12)20-14(22)10-4-5-13(19-8-10)15(16,17)18/h2-6,8-9,11,21H,7H2,1H3,(H,20,22). The number of halogens is 3. The number of carbonyl (C=O) groups is 1. The molecule has 0 aliphatic rings. The van der Waals surface area contributed by atoms with Crippen molar-refractivity contribution in [3.8, 4) is 0 Å². The number of aliphatic hydroxyl groups is 1. The first-order chi connectivity index (χ1) is 10.8. The predicted molar refractivity (Wildman–Crippen MR) is 74.5 cm³/mol. The van der Waals surface area contributed by atoms with Gasteiger partial charge in [0.1, 0.15) is 17.6 Å². The molecule has 0 aliphatic carbocycles. The number of furan rings is 1. The van der Waals surface area contributed by atoms with E-state index in [1.54, 1.807) is 19.1 Å². The molecule has 0 aromatic carbocycles. The monoisotopic (exact) mass is 328 g/mol. The molecular weight excluding hydrogens is 313 g/mol. The zero-order valence-electron chi connectivity index (χ0n) is 12.2. The van der Waals surface area contributed by atoms with Crippen molar-refractivity contribution in [3.63, 3.8) is 0 Å². The van der Waals surface area contributed by atoms with Gasteiger partial charge in [0.15, 0.2) is 0 Å². The largest absolute Gasteiger partial charge is 0.467 e. The number of amides is 1. The van der Waals surface area contributed by atoms with Crippen LogP contribution in [0.5, 0.6) is 0 Å². The molecule has 2 unspecified atom stereocenters. The van der Waals surface area contributed by atoms with E-state index in [1.807, 2.05) is 0 Å². The number of hydrogen-bond acceptors (Lipinski definition) is 4. The molecular formula is C15H15F3N2O3. The van der Waals surface area contributed by atoms with Crippen LogP contribution in [0.3, 0.4) is 0 Å². The summed E-state index contributed by atoms with van der Waals surface area (Å²) in [6, 6.07) is 4.64. The second kappa shape index (κ2) is 6.82. The summed E-state index contributed by atoms with van der Waals surface area (Å²) in [4.78, 5) is 15.2. The highest BCUT2D eigenvalue weighted by atomic mass is 19.4. The Morgan fingerprint density at radius 1 is 1.39 bits per heavy atom. The molecule has 0 fully saturated rings. The second-order valence-electron chi connectivity index (χ2n) is 5.07. The average Bonchev–Trinajstić information content (AvgIpc) is 3.00. The van der Waals surface area contributed by atoms with E-state index in [4.69, 9.17) is 4.42 Å². The van der Waals surface area contributed by atoms with Gasteiger partial charge in [0.25, 0.3) is 5.91 Å². The summed E-state index contributed by atoms with van der Waals surface area (Å²) in [5.41, 5.74) is -1.05. The minimum atomic E-state index is -4.55. The molecule has 2 atom stereocenters. The first-order valence-electron chi connectivity index (χ1n) is 6.83. The van der Waals surface area contributed by atoms with E-state index >= 15 is 0 Å². The van der Waals surface area contributed by atoms with Crippen molar-refractivity contribution >= 4 is 5.91 Å². The van der Waals surface area contributed by atoms with Crippen LogP contribution in [0.15, 0.2) is 41.1 Å². The van der Waals surface area contributed by atoms with E-state index in [0.717, 1.165) is 18.3 Å². The maximum absolute atomic E-state index is 12.4. The van der Waals surface area contributed by atoms with E-state index in [0.29, 0.717) is 5.76 Å². The molecule has 2 heterocycles. The molecule has 0 bridgehead atoms. The number of pyridine rings is 1. The molecule has 0 saturated heterocycles. The van der Waals surface area contributed by atoms with Crippen LogP contribution in [-0.2, 0) is 6.18 Å². The average molecular weight is 328 g/mol. The summed E-state index contributed by atoms with van der Waals surface area (Å²) in [6.45, 7) is 1.67. The van der Waals surface area contributed by atoms with Crippen LogP contribution in [0.2, 0.25) is 0 Å². The minimum absolute atomic E-state index is 0.0114.